The number of hydrogen-bond donors (Lipinski definition) is 2. The molecule has 2 aromatic carbocycles. The number of phenols is 1. The molecule has 196 valence electrons. The number of carboxylic acid groups (broad SMARTS) is 1. The summed E-state index contributed by atoms with van der Waals surface area (Å²) in [5, 5.41) is 19.6. The summed E-state index contributed by atoms with van der Waals surface area (Å²) in [6.07, 6.45) is 3.37. The van der Waals surface area contributed by atoms with Gasteiger partial charge in [0.05, 0.1) is 25.2 Å². The highest BCUT2D eigenvalue weighted by Crippen LogP contribution is 2.33. The van der Waals surface area contributed by atoms with Gasteiger partial charge in [-0.2, -0.15) is 0 Å². The number of ketones is 2. The first-order chi connectivity index (χ1) is 17.0. The lowest BCUT2D eigenvalue weighted by atomic mass is 9.81. The van der Waals surface area contributed by atoms with E-state index in [0.29, 0.717) is 54.2 Å². The van der Waals surface area contributed by atoms with Crippen LogP contribution in [-0.4, -0.2) is 41.0 Å². The predicted octanol–water partition coefficient (Wildman–Crippen LogP) is 6.03. The number of hydrogen-bond acceptors (Lipinski definition) is 6. The lowest BCUT2D eigenvalue weighted by Crippen LogP contribution is -2.27. The van der Waals surface area contributed by atoms with Crippen LogP contribution < -0.4 is 9.47 Å². The van der Waals surface area contributed by atoms with Crippen LogP contribution in [-0.2, 0) is 17.6 Å². The lowest BCUT2D eigenvalue weighted by Gasteiger charge is -2.21. The first-order valence-electron chi connectivity index (χ1n) is 12.5. The summed E-state index contributed by atoms with van der Waals surface area (Å²) in [4.78, 5) is 35.8. The molecule has 0 amide bonds. The normalized spacial score (nSPS) is 11.2. The van der Waals surface area contributed by atoms with Gasteiger partial charge in [-0.3, -0.25) is 14.4 Å². The van der Waals surface area contributed by atoms with Crippen molar-refractivity contribution in [3.63, 3.8) is 0 Å². The van der Waals surface area contributed by atoms with Gasteiger partial charge in [0.2, 0.25) is 0 Å². The Hall–Kier alpha value is -3.35. The molecule has 0 aromatic heterocycles. The second-order valence-corrected chi connectivity index (χ2v) is 9.65. The van der Waals surface area contributed by atoms with Crippen molar-refractivity contribution in [2.75, 3.05) is 13.2 Å². The molecule has 0 saturated carbocycles. The van der Waals surface area contributed by atoms with Crippen LogP contribution in [0.15, 0.2) is 30.3 Å². The molecule has 2 rings (SSSR count). The molecule has 0 unspecified atom stereocenters. The number of Topliss-reactive ketones (excluding diaryl/α,β-unsaturated/α-hetero) is 2. The van der Waals surface area contributed by atoms with E-state index < -0.39 is 11.4 Å². The Kier molecular flexibility index (Phi) is 10.5. The third-order valence-electron chi connectivity index (χ3n) is 5.97. The molecule has 0 aliphatic carbocycles. The number of carbonyl (C=O) groups excluding carboxylic acids is 2. The summed E-state index contributed by atoms with van der Waals surface area (Å²) < 4.78 is 11.9. The van der Waals surface area contributed by atoms with E-state index in [2.05, 4.69) is 0 Å². The van der Waals surface area contributed by atoms with Crippen LogP contribution in [0, 0.1) is 5.41 Å². The Morgan fingerprint density at radius 1 is 0.917 bits per heavy atom. The smallest absolute Gasteiger partial charge is 0.304 e. The Balaban J connectivity index is 2.03. The zero-order valence-corrected chi connectivity index (χ0v) is 22.0. The van der Waals surface area contributed by atoms with E-state index in [1.54, 1.807) is 44.2 Å². The van der Waals surface area contributed by atoms with Gasteiger partial charge in [-0.25, -0.2) is 0 Å². The highest BCUT2D eigenvalue weighted by Gasteiger charge is 2.31. The molecule has 0 atom stereocenters. The van der Waals surface area contributed by atoms with E-state index in [1.807, 2.05) is 13.8 Å². The quantitative estimate of drug-likeness (QED) is 0.228. The average molecular weight is 499 g/mol. The van der Waals surface area contributed by atoms with Crippen LogP contribution in [0.2, 0.25) is 0 Å². The van der Waals surface area contributed by atoms with Crippen molar-refractivity contribution in [2.45, 2.75) is 73.1 Å². The van der Waals surface area contributed by atoms with Gasteiger partial charge in [0, 0.05) is 23.0 Å². The molecule has 0 aliphatic heterocycles. The number of aliphatic carboxylic acids is 1. The van der Waals surface area contributed by atoms with E-state index in [0.717, 1.165) is 24.8 Å². The van der Waals surface area contributed by atoms with E-state index in [-0.39, 0.29) is 23.7 Å². The first-order valence-corrected chi connectivity index (χ1v) is 12.5. The van der Waals surface area contributed by atoms with Crippen molar-refractivity contribution in [2.24, 2.45) is 5.41 Å². The third-order valence-corrected chi connectivity index (χ3v) is 5.97. The van der Waals surface area contributed by atoms with Crippen molar-refractivity contribution in [3.05, 3.63) is 52.6 Å². The van der Waals surface area contributed by atoms with Crippen LogP contribution in [0.5, 0.6) is 17.2 Å². The summed E-state index contributed by atoms with van der Waals surface area (Å²) in [5.41, 5.74) is 1.33. The van der Waals surface area contributed by atoms with E-state index >= 15 is 0 Å². The molecule has 2 N–H and O–H groups in total. The molecule has 0 fully saturated rings. The monoisotopic (exact) mass is 498 g/mol. The van der Waals surface area contributed by atoms with Crippen LogP contribution in [0.25, 0.3) is 0 Å². The standard InChI is InChI=1S/C29H38O7/c1-6-9-20-17-21(28(34)29(4,5)18-26(31)32)11-13-24(20)35-15-8-16-36-25-14-12-22(19(3)30)27(33)23(25)10-7-2/h11-14,17,33H,6-10,15-16,18H2,1-5H3,(H,31,32). The Labute approximate surface area is 213 Å². The van der Waals surface area contributed by atoms with Gasteiger partial charge >= 0.3 is 5.97 Å². The Morgan fingerprint density at radius 2 is 1.53 bits per heavy atom. The van der Waals surface area contributed by atoms with E-state index in [1.165, 1.54) is 6.92 Å². The molecule has 0 aliphatic rings. The van der Waals surface area contributed by atoms with Crippen molar-refractivity contribution in [1.82, 2.24) is 0 Å². The summed E-state index contributed by atoms with van der Waals surface area (Å²) in [6.45, 7) is 9.53. The highest BCUT2D eigenvalue weighted by atomic mass is 16.5. The van der Waals surface area contributed by atoms with Gasteiger partial charge in [-0.05, 0) is 55.7 Å². The molecule has 7 nitrogen and oxygen atoms in total. The van der Waals surface area contributed by atoms with E-state index in [4.69, 9.17) is 14.6 Å². The fraction of sp³-hybridized carbons (Fsp3) is 0.483. The maximum atomic E-state index is 12.9. The predicted molar refractivity (Wildman–Crippen MR) is 139 cm³/mol. The molecule has 7 heteroatoms. The minimum absolute atomic E-state index is 0.0107. The number of ether oxygens (including phenoxy) is 2. The van der Waals surface area contributed by atoms with Crippen molar-refractivity contribution >= 4 is 17.5 Å². The number of phenolic OH excluding ortho intramolecular Hbond substituents is 1. The number of aromatic hydroxyl groups is 1. The fourth-order valence-electron chi connectivity index (χ4n) is 4.13. The molecule has 0 bridgehead atoms. The van der Waals surface area contributed by atoms with Crippen LogP contribution >= 0.6 is 0 Å². The fourth-order valence-corrected chi connectivity index (χ4v) is 4.13. The van der Waals surface area contributed by atoms with Crippen molar-refractivity contribution in [1.29, 1.82) is 0 Å². The minimum Gasteiger partial charge on any atom is -0.507 e. The molecule has 2 aromatic rings. The second-order valence-electron chi connectivity index (χ2n) is 9.65. The third kappa shape index (κ3) is 7.57. The van der Waals surface area contributed by atoms with Crippen molar-refractivity contribution in [3.8, 4) is 17.2 Å². The number of carbonyl (C=O) groups is 3. The molecule has 0 spiro atoms. The SMILES string of the molecule is CCCc1cc(C(=O)C(C)(C)CC(=O)O)ccc1OCCCOc1ccc(C(C)=O)c(O)c1CCC. The summed E-state index contributed by atoms with van der Waals surface area (Å²) in [5.74, 6) is -0.146. The van der Waals surface area contributed by atoms with Crippen LogP contribution in [0.3, 0.4) is 0 Å². The second kappa shape index (κ2) is 13.1. The minimum atomic E-state index is -1.00. The molecule has 0 heterocycles. The summed E-state index contributed by atoms with van der Waals surface area (Å²) in [6, 6.07) is 8.57. The first kappa shape index (κ1) is 28.9. The van der Waals surface area contributed by atoms with Gasteiger partial charge in [0.25, 0.3) is 0 Å². The molecular weight excluding hydrogens is 460 g/mol. The molecule has 0 radical (unpaired) electrons. The number of rotatable bonds is 15. The molecule has 0 saturated heterocycles. The molecule has 36 heavy (non-hydrogen) atoms. The lowest BCUT2D eigenvalue weighted by molar-refractivity contribution is -0.138. The Morgan fingerprint density at radius 3 is 2.11 bits per heavy atom. The van der Waals surface area contributed by atoms with Crippen LogP contribution in [0.4, 0.5) is 0 Å². The summed E-state index contributed by atoms with van der Waals surface area (Å²) in [7, 11) is 0. The maximum Gasteiger partial charge on any atom is 0.304 e. The van der Waals surface area contributed by atoms with Gasteiger partial charge < -0.3 is 19.7 Å². The molecular formula is C29H38O7. The topological polar surface area (TPSA) is 110 Å². The van der Waals surface area contributed by atoms with Gasteiger partial charge in [0.1, 0.15) is 17.2 Å². The van der Waals surface area contributed by atoms with E-state index in [9.17, 15) is 19.5 Å². The van der Waals surface area contributed by atoms with Crippen LogP contribution in [0.1, 0.15) is 92.1 Å². The zero-order chi connectivity index (χ0) is 26.9. The number of carboxylic acids is 1. The van der Waals surface area contributed by atoms with Gasteiger partial charge in [-0.1, -0.05) is 40.5 Å². The number of benzene rings is 2. The highest BCUT2D eigenvalue weighted by molar-refractivity contribution is 6.02. The number of aryl methyl sites for hydroxylation is 1. The van der Waals surface area contributed by atoms with Crippen molar-refractivity contribution < 1.29 is 34.1 Å². The van der Waals surface area contributed by atoms with Gasteiger partial charge in [-0.15, -0.1) is 0 Å². The zero-order valence-electron chi connectivity index (χ0n) is 22.0. The average Bonchev–Trinajstić information content (AvgIpc) is 2.80. The summed E-state index contributed by atoms with van der Waals surface area (Å²) >= 11 is 0. The Bertz CT molecular complexity index is 1090. The van der Waals surface area contributed by atoms with Gasteiger partial charge in [0.15, 0.2) is 11.6 Å². The largest absolute Gasteiger partial charge is 0.507 e. The maximum absolute atomic E-state index is 12.9.